The molecule has 125 heavy (non-hydrogen) atoms. The first-order chi connectivity index (χ1) is 58.2. The molecule has 10 amide bonds. The van der Waals surface area contributed by atoms with E-state index in [9.17, 15) is 58.2 Å². The SMILES string of the molecule is CC(C)(C)OC(=O)N1CC(N)C(N)C1.CC(C)(C)OC(=O)N1CC(N)C(O)C1.CC(C)(C)OC(=O)N1CC(N=[N+]=[N-])C(NC(=O)OCc2ccccc2)C1.CC(C)(C)OC(=O)N1CC2OC2C1.CC(C)(C)OC(=O)N1CC=CC1.CC1CN(C(=O)OC(C)(C)C)CC1NC(=O)OCc1ccccc1.CCOC(=O)N1CC(O)C(NC(=O)OCc2ccccc2)C1. The number of hydrogen-bond donors (Lipinski definition) is 8. The van der Waals surface area contributed by atoms with E-state index in [1.54, 1.807) is 68.1 Å². The minimum atomic E-state index is -0.839. The van der Waals surface area contributed by atoms with Crippen molar-refractivity contribution >= 4 is 60.9 Å². The number of epoxide rings is 1. The van der Waals surface area contributed by atoms with Gasteiger partial charge in [-0.05, 0) is 160 Å². The summed E-state index contributed by atoms with van der Waals surface area (Å²) >= 11 is 0. The maximum atomic E-state index is 12.2. The Bertz CT molecular complexity index is 3930. The van der Waals surface area contributed by atoms with Gasteiger partial charge in [0.15, 0.2) is 0 Å². The topological polar surface area (TPSA) is 502 Å². The molecule has 698 valence electrons. The van der Waals surface area contributed by atoms with Crippen molar-refractivity contribution in [1.29, 1.82) is 0 Å². The molecule has 12 unspecified atom stereocenters. The van der Waals surface area contributed by atoms with E-state index in [1.165, 1.54) is 14.7 Å². The number of nitrogens with one attached hydrogen (secondary N) is 3. The molecule has 0 aliphatic carbocycles. The predicted octanol–water partition coefficient (Wildman–Crippen LogP) is 10.1. The molecule has 8 aliphatic rings. The molecule has 8 aliphatic heterocycles. The Hall–Kier alpha value is -10.8. The van der Waals surface area contributed by atoms with E-state index in [2.05, 4.69) is 26.0 Å². The lowest BCUT2D eigenvalue weighted by molar-refractivity contribution is 0.0225. The van der Waals surface area contributed by atoms with E-state index in [0.29, 0.717) is 58.9 Å². The van der Waals surface area contributed by atoms with Crippen molar-refractivity contribution in [3.8, 4) is 0 Å². The summed E-state index contributed by atoms with van der Waals surface area (Å²) in [7, 11) is 0. The Morgan fingerprint density at radius 2 is 0.688 bits per heavy atom. The smallest absolute Gasteiger partial charge is 0.410 e. The molecule has 0 radical (unpaired) electrons. The lowest BCUT2D eigenvalue weighted by Gasteiger charge is -2.24. The van der Waals surface area contributed by atoms with Gasteiger partial charge in [-0.15, -0.1) is 0 Å². The van der Waals surface area contributed by atoms with Crippen LogP contribution in [0.25, 0.3) is 10.4 Å². The largest absolute Gasteiger partial charge is 0.450 e. The molecule has 0 aromatic heterocycles. The van der Waals surface area contributed by atoms with E-state index in [4.69, 9.17) is 74.8 Å². The molecule has 11 rings (SSSR count). The van der Waals surface area contributed by atoms with Crippen molar-refractivity contribution in [3.63, 3.8) is 0 Å². The first-order valence-corrected chi connectivity index (χ1v) is 41.8. The third-order valence-corrected chi connectivity index (χ3v) is 18.4. The van der Waals surface area contributed by atoms with Crippen LogP contribution < -0.4 is 33.2 Å². The van der Waals surface area contributed by atoms with Crippen LogP contribution in [0.4, 0.5) is 47.9 Å². The molecule has 7 saturated heterocycles. The molecular weight excluding hydrogens is 1630 g/mol. The Balaban J connectivity index is 0.000000264. The van der Waals surface area contributed by atoms with Crippen LogP contribution >= 0.6 is 0 Å². The molecular formula is C86H136N16O23. The van der Waals surface area contributed by atoms with Gasteiger partial charge in [-0.25, -0.2) is 47.9 Å². The predicted molar refractivity (Wildman–Crippen MR) is 462 cm³/mol. The van der Waals surface area contributed by atoms with Crippen molar-refractivity contribution in [1.82, 2.24) is 50.2 Å². The third-order valence-electron chi connectivity index (χ3n) is 18.4. The molecule has 0 spiro atoms. The number of morpholine rings is 1. The second-order valence-electron chi connectivity index (χ2n) is 36.9. The van der Waals surface area contributed by atoms with E-state index in [-0.39, 0.29) is 131 Å². The number of nitrogens with zero attached hydrogens (tertiary/aromatic N) is 10. The normalized spacial score (nSPS) is 22.7. The van der Waals surface area contributed by atoms with Crippen LogP contribution in [0.3, 0.4) is 0 Å². The van der Waals surface area contributed by atoms with Gasteiger partial charge in [0.25, 0.3) is 0 Å². The number of amides is 10. The number of fused-ring (bicyclic) bond motifs is 1. The number of rotatable bonds is 11. The summed E-state index contributed by atoms with van der Waals surface area (Å²) in [6, 6.07) is 25.6. The zero-order valence-electron chi connectivity index (χ0n) is 76.1. The number of ether oxygens (including phenoxy) is 11. The maximum Gasteiger partial charge on any atom is 0.410 e. The van der Waals surface area contributed by atoms with Gasteiger partial charge in [0.05, 0.1) is 75.2 Å². The fourth-order valence-corrected chi connectivity index (χ4v) is 12.3. The van der Waals surface area contributed by atoms with Gasteiger partial charge in [0.2, 0.25) is 0 Å². The summed E-state index contributed by atoms with van der Waals surface area (Å²) in [4.78, 5) is 131. The van der Waals surface area contributed by atoms with Crippen molar-refractivity contribution < 1.29 is 110 Å². The molecule has 0 bridgehead atoms. The number of likely N-dealkylation sites (tertiary alicyclic amines) is 6. The van der Waals surface area contributed by atoms with Gasteiger partial charge in [-0.1, -0.05) is 115 Å². The van der Waals surface area contributed by atoms with Crippen LogP contribution in [0.15, 0.2) is 108 Å². The van der Waals surface area contributed by atoms with E-state index in [0.717, 1.165) is 16.7 Å². The first-order valence-electron chi connectivity index (χ1n) is 41.8. The standard InChI is InChI=1S/C18H26N2O4.C17H23N5O4.C15H20N2O5.C9H19N3O2.C9H18N2O3.C9H15NO3.C9H15NO2/c1-13-10-20(17(22)24-18(2,3)4)11-15(13)19-16(21)23-12-14-8-6-5-7-9-14;1-17(2,3)26-16(24)22-9-13(14(10-22)20-21-18)19-15(23)25-11-12-7-5-4-6-8-12;1-2-21-15(20)17-8-12(13(18)9-17)16-14(19)22-10-11-6-4-3-5-7-11;1-9(2,3)14-8(13)12-4-6(10)7(11)5-12;1-9(2,3)14-8(13)11-4-6(10)7(12)5-11;1-9(2,3)13-8(11)10-4-6-7(5-10)12-6;1-9(2,3)12-8(11)10-6-4-5-7-10/h5-9,13,15H,10-12H2,1-4H3,(H,19,21);4-8,13-14H,9-11H2,1-3H3,(H,19,23);3-7,12-13,18H,2,8-10H2,1H3,(H,16,19);6-7H,4-5,10-11H2,1-3H3;6-7,12H,4-5,10H2,1-3H3;6-7H,4-5H2,1-3H3;4-5H,6-7H2,1-3H3. The van der Waals surface area contributed by atoms with E-state index < -0.39 is 94.9 Å². The van der Waals surface area contributed by atoms with Crippen molar-refractivity contribution in [2.24, 2.45) is 28.2 Å². The zero-order chi connectivity index (χ0) is 93.5. The lowest BCUT2D eigenvalue weighted by Crippen LogP contribution is -2.43. The monoisotopic (exact) mass is 1760 g/mol. The minimum absolute atomic E-state index is 0.126. The van der Waals surface area contributed by atoms with Crippen molar-refractivity contribution in [3.05, 3.63) is 130 Å². The molecule has 3 aromatic carbocycles. The highest BCUT2D eigenvalue weighted by molar-refractivity contribution is 5.74. The number of carbonyl (C=O) groups excluding carboxylic acids is 10. The van der Waals surface area contributed by atoms with Crippen LogP contribution in [0, 0.1) is 5.92 Å². The number of carbonyl (C=O) groups is 10. The summed E-state index contributed by atoms with van der Waals surface area (Å²) in [5.74, 6) is 0.141. The average Bonchev–Trinajstić information content (AvgIpc) is 1.63. The van der Waals surface area contributed by atoms with Gasteiger partial charge < -0.3 is 130 Å². The highest BCUT2D eigenvalue weighted by Crippen LogP contribution is 2.32. The summed E-state index contributed by atoms with van der Waals surface area (Å²) < 4.78 is 57.0. The van der Waals surface area contributed by atoms with Crippen LogP contribution in [-0.2, 0) is 71.9 Å². The third kappa shape index (κ3) is 40.8. The van der Waals surface area contributed by atoms with Crippen LogP contribution in [0.5, 0.6) is 0 Å². The first kappa shape index (κ1) is 105. The lowest BCUT2D eigenvalue weighted by atomic mass is 10.1. The average molecular weight is 1760 g/mol. The van der Waals surface area contributed by atoms with Crippen LogP contribution in [-0.4, -0.2) is 304 Å². The van der Waals surface area contributed by atoms with E-state index >= 15 is 0 Å². The van der Waals surface area contributed by atoms with Crippen LogP contribution in [0.1, 0.15) is 155 Å². The molecule has 12 atom stereocenters. The second kappa shape index (κ2) is 48.0. The summed E-state index contributed by atoms with van der Waals surface area (Å²) in [6.45, 7) is 43.4. The zero-order valence-corrected chi connectivity index (χ0v) is 76.1. The summed E-state index contributed by atoms with van der Waals surface area (Å²) in [5, 5.41) is 31.0. The number of benzene rings is 3. The minimum Gasteiger partial charge on any atom is -0.450 e. The summed E-state index contributed by atoms with van der Waals surface area (Å²) in [6.07, 6.45) is -1.27. The number of azide groups is 1. The molecule has 8 heterocycles. The van der Waals surface area contributed by atoms with E-state index in [1.807, 2.05) is 193 Å². The number of β-amino-alcohol motifs (C(OH)–C–C–N with tert-alkyl or cyclic N) is 2. The molecule has 7 fully saturated rings. The highest BCUT2D eigenvalue weighted by Gasteiger charge is 2.50. The maximum absolute atomic E-state index is 12.2. The van der Waals surface area contributed by atoms with Crippen molar-refractivity contribution in [2.75, 3.05) is 98.2 Å². The fraction of sp³-hybridized carbons (Fsp3) is 0.651. The molecule has 39 nitrogen and oxygen atoms in total. The highest BCUT2D eigenvalue weighted by atomic mass is 16.6. The van der Waals surface area contributed by atoms with Gasteiger partial charge in [-0.2, -0.15) is 0 Å². The molecule has 3 aromatic rings. The van der Waals surface area contributed by atoms with Gasteiger partial charge >= 0.3 is 60.9 Å². The Labute approximate surface area is 733 Å². The molecule has 11 N–H and O–H groups in total. The Morgan fingerprint density at radius 1 is 0.392 bits per heavy atom. The fourth-order valence-electron chi connectivity index (χ4n) is 12.3. The van der Waals surface area contributed by atoms with Gasteiger partial charge in [0.1, 0.15) is 65.6 Å². The quantitative estimate of drug-likeness (QED) is 0.0221. The Morgan fingerprint density at radius 3 is 1.04 bits per heavy atom. The number of hydrogen-bond acceptors (Lipinski definition) is 27. The summed E-state index contributed by atoms with van der Waals surface area (Å²) in [5.41, 5.74) is 25.4. The number of alkyl carbamates (subject to hydrolysis) is 3. The van der Waals surface area contributed by atoms with Crippen LogP contribution in [0.2, 0.25) is 0 Å². The number of aliphatic hydroxyl groups excluding tert-OH is 2. The van der Waals surface area contributed by atoms with Gasteiger partial charge in [-0.3, -0.25) is 0 Å². The molecule has 0 saturated carbocycles. The van der Waals surface area contributed by atoms with Crippen molar-refractivity contribution in [2.45, 2.75) is 259 Å². The Kier molecular flexibility index (Phi) is 40.2. The van der Waals surface area contributed by atoms with Gasteiger partial charge in [0, 0.05) is 82.4 Å². The second-order valence-corrected chi connectivity index (χ2v) is 36.9. The molecule has 39 heteroatoms. The number of nitrogens with two attached hydrogens (primary N) is 3. The number of aliphatic hydroxyl groups is 2.